The van der Waals surface area contributed by atoms with Gasteiger partial charge in [0.15, 0.2) is 0 Å². The third kappa shape index (κ3) is 6.55. The molecule has 0 N–H and O–H groups in total. The van der Waals surface area contributed by atoms with Gasteiger partial charge in [-0.25, -0.2) is 0 Å². The van der Waals surface area contributed by atoms with Gasteiger partial charge in [0.05, 0.1) is 5.92 Å². The Morgan fingerprint density at radius 1 is 1.18 bits per heavy atom. The van der Waals surface area contributed by atoms with Gasteiger partial charge in [0.1, 0.15) is 6.61 Å². The maximum atomic E-state index is 12.4. The Kier molecular flexibility index (Phi) is 10.5. The lowest BCUT2D eigenvalue weighted by molar-refractivity contribution is -0.147. The van der Waals surface area contributed by atoms with Crippen LogP contribution in [-0.4, -0.2) is 37.1 Å². The number of nitrogens with zero attached hydrogens (tertiary/aromatic N) is 1. The van der Waals surface area contributed by atoms with Crippen molar-refractivity contribution in [2.24, 2.45) is 5.92 Å². The minimum atomic E-state index is -0.237. The Hall–Kier alpha value is -0.770. The molecule has 0 bridgehead atoms. The van der Waals surface area contributed by atoms with Gasteiger partial charge in [0.25, 0.3) is 0 Å². The predicted molar refractivity (Wildman–Crippen MR) is 95.0 cm³/mol. The Morgan fingerprint density at radius 2 is 1.73 bits per heavy atom. The second kappa shape index (κ2) is 10.9. The van der Waals surface area contributed by atoms with Crippen LogP contribution in [-0.2, 0) is 9.53 Å². The van der Waals surface area contributed by atoms with Crippen molar-refractivity contribution in [2.45, 2.75) is 33.6 Å². The van der Waals surface area contributed by atoms with E-state index in [1.807, 2.05) is 38.1 Å². The standard InChI is InChI=1S/C17H26ClNO2.ClH/c1-5-19(6-2)11-12-21-17(20)16(13(3)4)14-7-9-15(18)10-8-14;/h7-10,13,16H,5-6,11-12H2,1-4H3;1H. The predicted octanol–water partition coefficient (Wildman–Crippen LogP) is 4.39. The van der Waals surface area contributed by atoms with Crippen molar-refractivity contribution in [3.63, 3.8) is 0 Å². The Bertz CT molecular complexity index is 431. The number of likely N-dealkylation sites (N-methyl/N-ethyl adjacent to an activating group) is 1. The molecule has 3 nitrogen and oxygen atoms in total. The Labute approximate surface area is 145 Å². The van der Waals surface area contributed by atoms with Crippen LogP contribution in [0.25, 0.3) is 0 Å². The van der Waals surface area contributed by atoms with E-state index >= 15 is 0 Å². The number of carbonyl (C=O) groups is 1. The first-order chi connectivity index (χ1) is 9.99. The smallest absolute Gasteiger partial charge is 0.313 e. The van der Waals surface area contributed by atoms with Gasteiger partial charge in [-0.3, -0.25) is 4.79 Å². The zero-order valence-corrected chi connectivity index (χ0v) is 15.4. The molecule has 126 valence electrons. The van der Waals surface area contributed by atoms with Crippen LogP contribution in [0, 0.1) is 5.92 Å². The van der Waals surface area contributed by atoms with E-state index in [4.69, 9.17) is 16.3 Å². The van der Waals surface area contributed by atoms with E-state index in [2.05, 4.69) is 18.7 Å². The molecule has 0 heterocycles. The number of benzene rings is 1. The monoisotopic (exact) mass is 347 g/mol. The third-order valence-electron chi connectivity index (χ3n) is 3.70. The summed E-state index contributed by atoms with van der Waals surface area (Å²) >= 11 is 5.90. The number of esters is 1. The molecule has 1 aromatic rings. The number of rotatable bonds is 8. The maximum Gasteiger partial charge on any atom is 0.313 e. The van der Waals surface area contributed by atoms with Crippen LogP contribution in [0.4, 0.5) is 0 Å². The summed E-state index contributed by atoms with van der Waals surface area (Å²) in [5.74, 6) is -0.203. The van der Waals surface area contributed by atoms with Crippen molar-refractivity contribution in [3.8, 4) is 0 Å². The summed E-state index contributed by atoms with van der Waals surface area (Å²) in [5, 5.41) is 0.677. The van der Waals surface area contributed by atoms with Gasteiger partial charge in [0.2, 0.25) is 0 Å². The van der Waals surface area contributed by atoms with E-state index in [1.54, 1.807) is 0 Å². The van der Waals surface area contributed by atoms with Crippen molar-refractivity contribution in [1.82, 2.24) is 4.90 Å². The first kappa shape index (κ1) is 21.2. The van der Waals surface area contributed by atoms with Crippen molar-refractivity contribution in [3.05, 3.63) is 34.9 Å². The molecule has 0 spiro atoms. The highest BCUT2D eigenvalue weighted by Gasteiger charge is 2.25. The van der Waals surface area contributed by atoms with Crippen LogP contribution in [0.3, 0.4) is 0 Å². The van der Waals surface area contributed by atoms with Gasteiger partial charge in [-0.2, -0.15) is 0 Å². The van der Waals surface area contributed by atoms with Crippen LogP contribution in [0.5, 0.6) is 0 Å². The van der Waals surface area contributed by atoms with E-state index in [0.29, 0.717) is 11.6 Å². The highest BCUT2D eigenvalue weighted by atomic mass is 35.5. The second-order valence-electron chi connectivity index (χ2n) is 5.47. The van der Waals surface area contributed by atoms with Gasteiger partial charge >= 0.3 is 5.97 Å². The normalized spacial score (nSPS) is 12.1. The molecule has 0 aliphatic rings. The van der Waals surface area contributed by atoms with E-state index in [9.17, 15) is 4.79 Å². The summed E-state index contributed by atoms with van der Waals surface area (Å²) in [7, 11) is 0. The summed E-state index contributed by atoms with van der Waals surface area (Å²) < 4.78 is 5.47. The lowest BCUT2D eigenvalue weighted by Gasteiger charge is -2.22. The van der Waals surface area contributed by atoms with Crippen LogP contribution < -0.4 is 0 Å². The number of hydrogen-bond donors (Lipinski definition) is 0. The zero-order chi connectivity index (χ0) is 15.8. The van der Waals surface area contributed by atoms with Crippen molar-refractivity contribution < 1.29 is 9.53 Å². The van der Waals surface area contributed by atoms with Gasteiger partial charge in [0, 0.05) is 11.6 Å². The van der Waals surface area contributed by atoms with Crippen molar-refractivity contribution in [2.75, 3.05) is 26.2 Å². The van der Waals surface area contributed by atoms with E-state index in [0.717, 1.165) is 25.2 Å². The van der Waals surface area contributed by atoms with E-state index < -0.39 is 0 Å². The fourth-order valence-electron chi connectivity index (χ4n) is 2.37. The molecule has 22 heavy (non-hydrogen) atoms. The van der Waals surface area contributed by atoms with Gasteiger partial charge < -0.3 is 9.64 Å². The molecule has 1 atom stereocenters. The van der Waals surface area contributed by atoms with Crippen LogP contribution in [0.2, 0.25) is 5.02 Å². The summed E-state index contributed by atoms with van der Waals surface area (Å²) in [5.41, 5.74) is 0.960. The molecule has 0 aliphatic carbocycles. The highest BCUT2D eigenvalue weighted by Crippen LogP contribution is 2.27. The lowest BCUT2D eigenvalue weighted by atomic mass is 9.88. The fraction of sp³-hybridized carbons (Fsp3) is 0.588. The minimum Gasteiger partial charge on any atom is -0.464 e. The first-order valence-electron chi connectivity index (χ1n) is 7.64. The largest absolute Gasteiger partial charge is 0.464 e. The molecule has 1 rings (SSSR count). The van der Waals surface area contributed by atoms with Crippen molar-refractivity contribution in [1.29, 1.82) is 0 Å². The number of hydrogen-bond acceptors (Lipinski definition) is 3. The topological polar surface area (TPSA) is 29.5 Å². The SMILES string of the molecule is CCN(CC)CCOC(=O)C(c1ccc(Cl)cc1)C(C)C.Cl. The molecule has 0 aromatic heterocycles. The Morgan fingerprint density at radius 3 is 2.18 bits per heavy atom. The average molecular weight is 348 g/mol. The van der Waals surface area contributed by atoms with Crippen molar-refractivity contribution >= 4 is 30.0 Å². The summed E-state index contributed by atoms with van der Waals surface area (Å²) in [6.45, 7) is 11.4. The quantitative estimate of drug-likeness (QED) is 0.653. The summed E-state index contributed by atoms with van der Waals surface area (Å²) in [4.78, 5) is 14.6. The summed E-state index contributed by atoms with van der Waals surface area (Å²) in [6.07, 6.45) is 0. The molecule has 1 unspecified atom stereocenters. The average Bonchev–Trinajstić information content (AvgIpc) is 2.45. The number of ether oxygens (including phenoxy) is 1. The van der Waals surface area contributed by atoms with Gasteiger partial charge in [-0.15, -0.1) is 12.4 Å². The maximum absolute atomic E-state index is 12.4. The fourth-order valence-corrected chi connectivity index (χ4v) is 2.49. The van der Waals surface area contributed by atoms with Gasteiger partial charge in [-0.1, -0.05) is 51.4 Å². The number of carbonyl (C=O) groups excluding carboxylic acids is 1. The molecule has 0 aliphatic heterocycles. The van der Waals surface area contributed by atoms with Gasteiger partial charge in [-0.05, 0) is 36.7 Å². The van der Waals surface area contributed by atoms with Crippen LogP contribution in [0.15, 0.2) is 24.3 Å². The van der Waals surface area contributed by atoms with Crippen LogP contribution in [0.1, 0.15) is 39.2 Å². The minimum absolute atomic E-state index is 0. The molecule has 0 saturated heterocycles. The molecule has 1 aromatic carbocycles. The highest BCUT2D eigenvalue weighted by molar-refractivity contribution is 6.30. The van der Waals surface area contributed by atoms with E-state index in [1.165, 1.54) is 0 Å². The zero-order valence-electron chi connectivity index (χ0n) is 13.8. The summed E-state index contributed by atoms with van der Waals surface area (Å²) in [6, 6.07) is 7.43. The van der Waals surface area contributed by atoms with E-state index in [-0.39, 0.29) is 30.2 Å². The Balaban J connectivity index is 0.00000441. The first-order valence-corrected chi connectivity index (χ1v) is 8.01. The molecular formula is C17H27Cl2NO2. The number of halogens is 2. The molecule has 5 heteroatoms. The second-order valence-corrected chi connectivity index (χ2v) is 5.90. The molecule has 0 radical (unpaired) electrons. The molecule has 0 fully saturated rings. The molecule has 0 saturated carbocycles. The molecule has 0 amide bonds. The molecular weight excluding hydrogens is 321 g/mol. The van der Waals surface area contributed by atoms with Crippen LogP contribution >= 0.6 is 24.0 Å². The lowest BCUT2D eigenvalue weighted by Crippen LogP contribution is -2.29. The third-order valence-corrected chi connectivity index (χ3v) is 3.95.